The van der Waals surface area contributed by atoms with Gasteiger partial charge < -0.3 is 68.2 Å². The number of esters is 2. The van der Waals surface area contributed by atoms with Crippen LogP contribution in [0.15, 0.2) is 4.99 Å². The number of ether oxygens (including phenoxy) is 10. The van der Waals surface area contributed by atoms with Gasteiger partial charge in [0.2, 0.25) is 29.5 Å². The van der Waals surface area contributed by atoms with E-state index in [4.69, 9.17) is 52.2 Å². The van der Waals surface area contributed by atoms with Crippen molar-refractivity contribution in [2.24, 2.45) is 59.6 Å². The van der Waals surface area contributed by atoms with E-state index in [0.29, 0.717) is 127 Å². The number of carbonyl (C=O) groups excluding carboxylic acids is 11. The fraction of sp³-hybridized carbons (Fsp3) is 0.890. The van der Waals surface area contributed by atoms with Crippen molar-refractivity contribution in [1.82, 2.24) is 31.2 Å². The largest absolute Gasteiger partial charge is 0.508 e. The van der Waals surface area contributed by atoms with E-state index < -0.39 is 40.9 Å². The number of imide groups is 1. The average molecular weight is 2230 g/mol. The average Bonchev–Trinajstić information content (AvgIpc) is 1.65. The second kappa shape index (κ2) is 81.0. The van der Waals surface area contributed by atoms with Gasteiger partial charge >= 0.3 is 30.3 Å². The van der Waals surface area contributed by atoms with Gasteiger partial charge in [0.1, 0.15) is 49.0 Å². The molecule has 146 heavy (non-hydrogen) atoms. The molecule has 29 nitrogen and oxygen atoms in total. The lowest BCUT2D eigenvalue weighted by Gasteiger charge is -2.25. The first-order valence-corrected chi connectivity index (χ1v) is 60.7. The van der Waals surface area contributed by atoms with Crippen molar-refractivity contribution in [2.75, 3.05) is 163 Å². The highest BCUT2D eigenvalue weighted by Crippen LogP contribution is 2.37. The fourth-order valence-corrected chi connectivity index (χ4v) is 18.6. The number of aliphatic imine (C=N–C) groups is 1. The second-order valence-corrected chi connectivity index (χ2v) is 60.9. The van der Waals surface area contributed by atoms with Crippen LogP contribution in [-0.2, 0) is 90.6 Å². The smallest absolute Gasteiger partial charge is 0.465 e. The number of alkyl carbamates (subject to hydrolysis) is 1. The fourth-order valence-electron chi connectivity index (χ4n) is 9.83. The molecule has 6 amide bonds. The molecule has 0 spiro atoms. The highest BCUT2D eigenvalue weighted by Gasteiger charge is 2.44. The van der Waals surface area contributed by atoms with Gasteiger partial charge in [0.15, 0.2) is 0 Å². The van der Waals surface area contributed by atoms with Crippen molar-refractivity contribution in [2.45, 2.75) is 411 Å². The van der Waals surface area contributed by atoms with Crippen molar-refractivity contribution in [1.29, 1.82) is 0 Å². The molecule has 1 saturated heterocycles. The summed E-state index contributed by atoms with van der Waals surface area (Å²) in [5, 5.41) is 9.00. The number of carbonyl (C=O) groups is 11. The maximum Gasteiger partial charge on any atom is 0.508 e. The number of nitrogens with one attached hydrogen (secondary N) is 4. The number of likely N-dealkylation sites (tertiary alicyclic amines) is 1. The standard InChI is InChI=1S/C24H43N3O8.C24H48N2O2S2.C15H29NO4S2.C14H26O6S2.C11H23N.C10H22S2.C9H18O2.2CH4/c1-23(2,3)18-17-21(30)27(22(18)31)9-7-20(29)26-35-16-15-34-14-13-33-12-11-32-10-8-19(28)25-24(4,5)6;1-20(2)25-13-15-26(14-10-17-30-19-21(27)24(6,7)8)22(28)11-18-29-16-9-12-23(3,4)5;1-14(2,3)11-12(17)19-7-9-21-22-10-8-20-13(18)16-15(4,5)6;1-13(2,3)19-11(15)17-7-9-21-22-10-8-18-12(16)20-14(4,5)6;1-10(2,3)7-8-12-9-11(4,5)6;1-9(2,3)7-11-12-8-10(4,5)6;1-8(2,3)7(10)11-9(4,5)6;;/h18H,7-17H2,1-6H3,(H,25,28)(H,26,29);20,25H,9-19H2,1-8H3;7-11H2,1-6H3,(H,16,18);7-10H2,1-6H3;8H,7,9H2,1-6H3;7-8H2,1-6H3;1-6H3;2*1H4. The van der Waals surface area contributed by atoms with E-state index in [2.05, 4.69) is 150 Å². The minimum Gasteiger partial charge on any atom is -0.465 e. The monoisotopic (exact) mass is 2230 g/mol. The maximum atomic E-state index is 12.7. The summed E-state index contributed by atoms with van der Waals surface area (Å²) in [4.78, 5) is 142. The topological polar surface area (TPSA) is 356 Å². The Hall–Kier alpha value is -3.76. The molecule has 1 fully saturated rings. The third kappa shape index (κ3) is 122. The molecule has 4 N–H and O–H groups in total. The molecule has 0 aliphatic carbocycles. The number of ketones is 1. The van der Waals surface area contributed by atoms with E-state index in [0.717, 1.165) is 66.9 Å². The van der Waals surface area contributed by atoms with Gasteiger partial charge in [0, 0.05) is 121 Å². The first-order valence-electron chi connectivity index (χ1n) is 50.9. The van der Waals surface area contributed by atoms with Gasteiger partial charge in [-0.1, -0.05) is 260 Å². The van der Waals surface area contributed by atoms with E-state index in [1.54, 1.807) is 74.9 Å². The number of nitrogens with zero attached hydrogens (tertiary/aromatic N) is 3. The van der Waals surface area contributed by atoms with Crippen LogP contribution in [0, 0.1) is 54.7 Å². The van der Waals surface area contributed by atoms with Gasteiger partial charge in [0.05, 0.1) is 69.8 Å². The minimum atomic E-state index is -0.661. The van der Waals surface area contributed by atoms with Gasteiger partial charge in [-0.2, -0.15) is 23.5 Å². The van der Waals surface area contributed by atoms with Crippen molar-refractivity contribution in [3.63, 3.8) is 0 Å². The van der Waals surface area contributed by atoms with Crippen LogP contribution >= 0.6 is 88.3 Å². The Kier molecular flexibility index (Phi) is 87.3. The number of hydrogen-bond acceptors (Lipinski definition) is 32. The summed E-state index contributed by atoms with van der Waals surface area (Å²) in [6.07, 6.45) is 6.33. The number of rotatable bonds is 52. The summed E-state index contributed by atoms with van der Waals surface area (Å²) in [6, 6.07) is 0.430. The van der Waals surface area contributed by atoms with Gasteiger partial charge in [-0.15, -0.1) is 0 Å². The predicted octanol–water partition coefficient (Wildman–Crippen LogP) is 26.5. The zero-order valence-corrected chi connectivity index (χ0v) is 105. The summed E-state index contributed by atoms with van der Waals surface area (Å²) in [7, 11) is 10.3. The molecule has 1 aliphatic rings. The maximum absolute atomic E-state index is 12.7. The van der Waals surface area contributed by atoms with E-state index in [-0.39, 0.29) is 135 Å². The summed E-state index contributed by atoms with van der Waals surface area (Å²) < 4.78 is 51.3. The number of Topliss-reactive ketones (excluding diaryl/α,β-unsaturated/α-hetero) is 1. The van der Waals surface area contributed by atoms with Crippen LogP contribution in [0.4, 0.5) is 14.4 Å². The summed E-state index contributed by atoms with van der Waals surface area (Å²) >= 11 is 3.59. The Balaban J connectivity index is -0.000000263. The van der Waals surface area contributed by atoms with Crippen LogP contribution in [0.1, 0.15) is 377 Å². The SMILES string of the molecule is C.C.CC(C)(C)CC(=O)OCCSSCCOC(=O)NC(C)(C)C.CC(C)(C)CC=NCC(C)(C)C.CC(C)(C)CSSCC(C)(C)C.CC(C)(C)NC(=O)CCOCCOCCOCCONC(=O)CCN1C(=O)CC(C(C)(C)C)C1=O.CC(C)(C)OC(=O)C(C)(C)C.CC(C)(C)OC(=O)OCCSSCCOC(=O)OC(C)(C)C.CC(C)NCCN(CCCSCC(=O)C(C)(C)C)C(=O)CCSCCCC(C)(C)C. The molecular formula is C109H217N7O22S8. The molecule has 0 aromatic rings. The number of amides is 6. The summed E-state index contributed by atoms with van der Waals surface area (Å²) in [5.41, 5.74) is 1.34. The normalized spacial score (nSPS) is 13.3. The Labute approximate surface area is 923 Å². The second-order valence-electron chi connectivity index (χ2n) is 50.7. The molecule has 0 aromatic carbocycles. The molecular weight excluding hydrogens is 2020 g/mol. The van der Waals surface area contributed by atoms with Crippen LogP contribution in [0.3, 0.4) is 0 Å². The highest BCUT2D eigenvalue weighted by atomic mass is 33.1. The van der Waals surface area contributed by atoms with Crippen molar-refractivity contribution in [3.05, 3.63) is 0 Å². The van der Waals surface area contributed by atoms with Gasteiger partial charge in [-0.05, 0) is 206 Å². The van der Waals surface area contributed by atoms with Gasteiger partial charge in [0.25, 0.3) is 0 Å². The zero-order valence-electron chi connectivity index (χ0n) is 98.6. The Morgan fingerprint density at radius 3 is 1.26 bits per heavy atom. The lowest BCUT2D eigenvalue weighted by atomic mass is 9.80. The summed E-state index contributed by atoms with van der Waals surface area (Å²) in [6.45, 7) is 96.2. The minimum absolute atomic E-state index is 0. The van der Waals surface area contributed by atoms with E-state index in [1.165, 1.54) is 45.9 Å². The summed E-state index contributed by atoms with van der Waals surface area (Å²) in [5.74, 6) is 7.72. The highest BCUT2D eigenvalue weighted by molar-refractivity contribution is 8.77. The lowest BCUT2D eigenvalue weighted by molar-refractivity contribution is -0.164. The zero-order chi connectivity index (χ0) is 113. The van der Waals surface area contributed by atoms with Crippen LogP contribution in [-0.4, -0.2) is 279 Å². The molecule has 1 atom stereocenters. The first-order chi connectivity index (χ1) is 65.2. The van der Waals surface area contributed by atoms with Crippen LogP contribution < -0.4 is 21.4 Å². The van der Waals surface area contributed by atoms with Crippen LogP contribution in [0.5, 0.6) is 0 Å². The lowest BCUT2D eigenvalue weighted by Crippen LogP contribution is -2.41. The molecule has 1 rings (SSSR count). The molecule has 1 aliphatic heterocycles. The Morgan fingerprint density at radius 2 is 0.877 bits per heavy atom. The van der Waals surface area contributed by atoms with Crippen molar-refractivity contribution < 1.29 is 105 Å². The molecule has 0 radical (unpaired) electrons. The molecule has 1 heterocycles. The van der Waals surface area contributed by atoms with Gasteiger partial charge in [-0.25, -0.2) is 19.9 Å². The Morgan fingerprint density at radius 1 is 0.438 bits per heavy atom. The van der Waals surface area contributed by atoms with Crippen molar-refractivity contribution in [3.8, 4) is 0 Å². The molecule has 0 bridgehead atoms. The van der Waals surface area contributed by atoms with Crippen LogP contribution in [0.2, 0.25) is 0 Å². The molecule has 0 aromatic heterocycles. The van der Waals surface area contributed by atoms with Crippen molar-refractivity contribution >= 4 is 160 Å². The number of thioether (sulfide) groups is 2. The number of hydroxylamine groups is 1. The third-order valence-corrected chi connectivity index (χ3v) is 27.1. The van der Waals surface area contributed by atoms with E-state index in [9.17, 15) is 52.7 Å². The predicted molar refractivity (Wildman–Crippen MR) is 628 cm³/mol. The first kappa shape index (κ1) is 157. The van der Waals surface area contributed by atoms with E-state index in [1.807, 2.05) is 184 Å². The van der Waals surface area contributed by atoms with Crippen LogP contribution in [0.25, 0.3) is 0 Å². The van der Waals surface area contributed by atoms with Gasteiger partial charge in [-0.3, -0.25) is 53.1 Å². The molecule has 868 valence electrons. The third-order valence-electron chi connectivity index (χ3n) is 17.0. The quantitative estimate of drug-likeness (QED) is 0.00836. The molecule has 0 saturated carbocycles. The molecule has 1 unspecified atom stereocenters. The van der Waals surface area contributed by atoms with E-state index >= 15 is 0 Å². The molecule has 37 heteroatoms. The number of hydrogen-bond donors (Lipinski definition) is 4. The Bertz CT molecular complexity index is 3330.